The number of hydrogen-bond donors (Lipinski definition) is 1. The van der Waals surface area contributed by atoms with Crippen molar-refractivity contribution in [1.29, 1.82) is 0 Å². The number of aryl methyl sites for hydroxylation is 1. The van der Waals surface area contributed by atoms with Gasteiger partial charge in [0.2, 0.25) is 0 Å². The molecular weight excluding hydrogens is 264 g/mol. The van der Waals surface area contributed by atoms with Gasteiger partial charge in [-0.05, 0) is 43.7 Å². The lowest BCUT2D eigenvalue weighted by Crippen LogP contribution is -2.17. The summed E-state index contributed by atoms with van der Waals surface area (Å²) < 4.78 is 5.11. The third kappa shape index (κ3) is 3.16. The van der Waals surface area contributed by atoms with Gasteiger partial charge in [-0.25, -0.2) is 4.79 Å². The maximum absolute atomic E-state index is 12.1. The highest BCUT2D eigenvalue weighted by Gasteiger charge is 2.19. The van der Waals surface area contributed by atoms with Crippen LogP contribution in [-0.2, 0) is 4.74 Å². The second kappa shape index (κ2) is 6.31. The van der Waals surface area contributed by atoms with Crippen LogP contribution in [-0.4, -0.2) is 19.6 Å². The van der Waals surface area contributed by atoms with E-state index in [1.807, 2.05) is 43.1 Å². The van der Waals surface area contributed by atoms with Crippen LogP contribution in [0.2, 0.25) is 0 Å². The van der Waals surface area contributed by atoms with E-state index in [2.05, 4.69) is 0 Å². The van der Waals surface area contributed by atoms with Crippen molar-refractivity contribution in [2.75, 3.05) is 24.3 Å². The number of esters is 1. The Labute approximate surface area is 125 Å². The molecule has 0 saturated heterocycles. The number of rotatable bonds is 4. The summed E-state index contributed by atoms with van der Waals surface area (Å²) in [6, 6.07) is 13.3. The van der Waals surface area contributed by atoms with Crippen LogP contribution < -0.4 is 10.6 Å². The predicted molar refractivity (Wildman–Crippen MR) is 86.1 cm³/mol. The summed E-state index contributed by atoms with van der Waals surface area (Å²) in [6.45, 7) is 4.15. The molecule has 0 atom stereocenters. The average Bonchev–Trinajstić information content (AvgIpc) is 2.46. The van der Waals surface area contributed by atoms with Gasteiger partial charge in [-0.15, -0.1) is 0 Å². The van der Waals surface area contributed by atoms with E-state index in [0.29, 0.717) is 23.5 Å². The molecule has 2 aromatic rings. The summed E-state index contributed by atoms with van der Waals surface area (Å²) >= 11 is 0. The summed E-state index contributed by atoms with van der Waals surface area (Å²) in [7, 11) is 1.89. The minimum absolute atomic E-state index is 0.335. The molecule has 4 nitrogen and oxygen atoms in total. The van der Waals surface area contributed by atoms with E-state index < -0.39 is 0 Å². The normalized spacial score (nSPS) is 10.2. The third-order valence-electron chi connectivity index (χ3n) is 3.29. The van der Waals surface area contributed by atoms with Gasteiger partial charge < -0.3 is 15.4 Å². The average molecular weight is 284 g/mol. The van der Waals surface area contributed by atoms with Gasteiger partial charge in [0.15, 0.2) is 0 Å². The lowest BCUT2D eigenvalue weighted by Gasteiger charge is -2.24. The number of carbonyl (C=O) groups is 1. The van der Waals surface area contributed by atoms with Crippen molar-refractivity contribution < 1.29 is 9.53 Å². The Bertz CT molecular complexity index is 653. The van der Waals surface area contributed by atoms with Crippen LogP contribution >= 0.6 is 0 Å². The molecule has 0 saturated carbocycles. The van der Waals surface area contributed by atoms with Gasteiger partial charge in [-0.3, -0.25) is 0 Å². The molecule has 0 aliphatic heterocycles. The minimum atomic E-state index is -0.362. The summed E-state index contributed by atoms with van der Waals surface area (Å²) in [5.41, 5.74) is 9.88. The first-order valence-electron chi connectivity index (χ1n) is 6.90. The lowest BCUT2D eigenvalue weighted by molar-refractivity contribution is 0.0527. The molecule has 0 bridgehead atoms. The van der Waals surface area contributed by atoms with Gasteiger partial charge in [0, 0.05) is 12.7 Å². The molecule has 0 fully saturated rings. The van der Waals surface area contributed by atoms with Crippen molar-refractivity contribution in [2.24, 2.45) is 0 Å². The highest BCUT2D eigenvalue weighted by atomic mass is 16.5. The molecule has 21 heavy (non-hydrogen) atoms. The molecule has 0 aliphatic carbocycles. The SMILES string of the molecule is CCOC(=O)c1cccc(N)c1N(C)c1cccc(C)c1. The number of para-hydroxylation sites is 1. The van der Waals surface area contributed by atoms with Crippen molar-refractivity contribution in [3.63, 3.8) is 0 Å². The largest absolute Gasteiger partial charge is 0.462 e. The van der Waals surface area contributed by atoms with E-state index in [1.54, 1.807) is 25.1 Å². The molecule has 0 aromatic heterocycles. The molecule has 0 heterocycles. The molecule has 2 N–H and O–H groups in total. The van der Waals surface area contributed by atoms with Crippen molar-refractivity contribution in [3.8, 4) is 0 Å². The molecule has 2 aromatic carbocycles. The number of ether oxygens (including phenoxy) is 1. The Balaban J connectivity index is 2.49. The summed E-state index contributed by atoms with van der Waals surface area (Å²) in [5, 5.41) is 0. The molecule has 110 valence electrons. The van der Waals surface area contributed by atoms with Gasteiger partial charge in [0.05, 0.1) is 23.5 Å². The topological polar surface area (TPSA) is 55.6 Å². The molecule has 0 unspecified atom stereocenters. The minimum Gasteiger partial charge on any atom is -0.462 e. The van der Waals surface area contributed by atoms with Crippen LogP contribution in [0.25, 0.3) is 0 Å². The molecule has 0 spiro atoms. The molecule has 0 aliphatic rings. The molecule has 2 rings (SSSR count). The van der Waals surface area contributed by atoms with E-state index in [0.717, 1.165) is 11.3 Å². The van der Waals surface area contributed by atoms with Crippen molar-refractivity contribution in [3.05, 3.63) is 53.6 Å². The van der Waals surface area contributed by atoms with Gasteiger partial charge in [-0.1, -0.05) is 18.2 Å². The zero-order chi connectivity index (χ0) is 15.4. The maximum atomic E-state index is 12.1. The second-order valence-corrected chi connectivity index (χ2v) is 4.86. The predicted octanol–water partition coefficient (Wildman–Crippen LogP) is 3.52. The molecular formula is C17H20N2O2. The van der Waals surface area contributed by atoms with Crippen LogP contribution in [0.4, 0.5) is 17.1 Å². The standard InChI is InChI=1S/C17H20N2O2/c1-4-21-17(20)14-9-6-10-15(18)16(14)19(3)13-8-5-7-12(2)11-13/h5-11H,4,18H2,1-3H3. The number of benzene rings is 2. The van der Waals surface area contributed by atoms with E-state index in [4.69, 9.17) is 10.5 Å². The van der Waals surface area contributed by atoms with Crippen molar-refractivity contribution in [2.45, 2.75) is 13.8 Å². The maximum Gasteiger partial charge on any atom is 0.340 e. The second-order valence-electron chi connectivity index (χ2n) is 4.86. The fraction of sp³-hybridized carbons (Fsp3) is 0.235. The van der Waals surface area contributed by atoms with E-state index in [1.165, 1.54) is 0 Å². The van der Waals surface area contributed by atoms with Gasteiger partial charge >= 0.3 is 5.97 Å². The number of anilines is 3. The van der Waals surface area contributed by atoms with Crippen LogP contribution in [0.15, 0.2) is 42.5 Å². The molecule has 4 heteroatoms. The fourth-order valence-corrected chi connectivity index (χ4v) is 2.27. The summed E-state index contributed by atoms with van der Waals surface area (Å²) in [5.74, 6) is -0.362. The Morgan fingerprint density at radius 3 is 2.62 bits per heavy atom. The number of nitrogen functional groups attached to an aromatic ring is 1. The molecule has 0 amide bonds. The quantitative estimate of drug-likeness (QED) is 0.689. The smallest absolute Gasteiger partial charge is 0.340 e. The Morgan fingerprint density at radius 1 is 1.24 bits per heavy atom. The van der Waals surface area contributed by atoms with Crippen LogP contribution in [0.1, 0.15) is 22.8 Å². The summed E-state index contributed by atoms with van der Waals surface area (Å²) in [6.07, 6.45) is 0. The lowest BCUT2D eigenvalue weighted by atomic mass is 10.1. The number of nitrogens with two attached hydrogens (primary N) is 1. The number of carbonyl (C=O) groups excluding carboxylic acids is 1. The van der Waals surface area contributed by atoms with Crippen LogP contribution in [0, 0.1) is 6.92 Å². The van der Waals surface area contributed by atoms with Crippen LogP contribution in [0.3, 0.4) is 0 Å². The van der Waals surface area contributed by atoms with E-state index in [9.17, 15) is 4.79 Å². The summed E-state index contributed by atoms with van der Waals surface area (Å²) in [4.78, 5) is 14.0. The number of hydrogen-bond acceptors (Lipinski definition) is 4. The van der Waals surface area contributed by atoms with Crippen molar-refractivity contribution in [1.82, 2.24) is 0 Å². The monoisotopic (exact) mass is 284 g/mol. The Kier molecular flexibility index (Phi) is 4.48. The van der Waals surface area contributed by atoms with Gasteiger partial charge in [-0.2, -0.15) is 0 Å². The molecule has 0 radical (unpaired) electrons. The first-order valence-corrected chi connectivity index (χ1v) is 6.90. The van der Waals surface area contributed by atoms with Gasteiger partial charge in [0.1, 0.15) is 0 Å². The van der Waals surface area contributed by atoms with E-state index in [-0.39, 0.29) is 5.97 Å². The first kappa shape index (κ1) is 14.9. The zero-order valence-corrected chi connectivity index (χ0v) is 12.6. The first-order chi connectivity index (χ1) is 10.0. The van der Waals surface area contributed by atoms with Crippen LogP contribution in [0.5, 0.6) is 0 Å². The Hall–Kier alpha value is -2.49. The Morgan fingerprint density at radius 2 is 1.95 bits per heavy atom. The van der Waals surface area contributed by atoms with E-state index >= 15 is 0 Å². The van der Waals surface area contributed by atoms with Crippen molar-refractivity contribution >= 4 is 23.0 Å². The number of nitrogens with zero attached hydrogens (tertiary/aromatic N) is 1. The fourth-order valence-electron chi connectivity index (χ4n) is 2.27. The highest BCUT2D eigenvalue weighted by molar-refractivity contribution is 6.00. The third-order valence-corrected chi connectivity index (χ3v) is 3.29. The zero-order valence-electron chi connectivity index (χ0n) is 12.6. The highest BCUT2D eigenvalue weighted by Crippen LogP contribution is 2.33. The van der Waals surface area contributed by atoms with Gasteiger partial charge in [0.25, 0.3) is 0 Å².